The second-order valence-corrected chi connectivity index (χ2v) is 4.27. The molecule has 1 atom stereocenters. The summed E-state index contributed by atoms with van der Waals surface area (Å²) in [6.45, 7) is 6.33. The minimum Gasteiger partial charge on any atom is -0.354 e. The highest BCUT2D eigenvalue weighted by Crippen LogP contribution is 1.96. The molecule has 17 heavy (non-hydrogen) atoms. The third-order valence-electron chi connectivity index (χ3n) is 2.14. The van der Waals surface area contributed by atoms with E-state index in [1.807, 2.05) is 13.8 Å². The molecule has 0 spiro atoms. The molecule has 1 aromatic heterocycles. The maximum atomic E-state index is 11.6. The molecular weight excluding hydrogens is 220 g/mol. The summed E-state index contributed by atoms with van der Waals surface area (Å²) in [7, 11) is 0. The Balaban J connectivity index is 2.54. The Kier molecular flexibility index (Phi) is 4.68. The fourth-order valence-electron chi connectivity index (χ4n) is 1.18. The van der Waals surface area contributed by atoms with Crippen molar-refractivity contribution in [3.63, 3.8) is 0 Å². The first-order valence-corrected chi connectivity index (χ1v) is 5.58. The van der Waals surface area contributed by atoms with Gasteiger partial charge in [0.1, 0.15) is 6.04 Å². The van der Waals surface area contributed by atoms with Crippen molar-refractivity contribution in [1.82, 2.24) is 15.3 Å². The smallest absolute Gasteiger partial charge is 0.290 e. The molecule has 94 valence electrons. The van der Waals surface area contributed by atoms with E-state index in [2.05, 4.69) is 20.6 Å². The summed E-state index contributed by atoms with van der Waals surface area (Å²) < 4.78 is 0. The summed E-state index contributed by atoms with van der Waals surface area (Å²) in [5.41, 5.74) is -0.337. The quantitative estimate of drug-likeness (QED) is 0.690. The summed E-state index contributed by atoms with van der Waals surface area (Å²) >= 11 is 0. The number of rotatable bonds is 5. The van der Waals surface area contributed by atoms with Crippen LogP contribution in [0.3, 0.4) is 0 Å². The lowest BCUT2D eigenvalue weighted by Crippen LogP contribution is -2.40. The average molecular weight is 238 g/mol. The molecule has 0 aliphatic rings. The molecule has 3 N–H and O–H groups in total. The number of hydrogen-bond donors (Lipinski definition) is 3. The second kappa shape index (κ2) is 6.03. The minimum atomic E-state index is -0.496. The van der Waals surface area contributed by atoms with Crippen LogP contribution in [-0.4, -0.2) is 28.5 Å². The zero-order chi connectivity index (χ0) is 12.8. The van der Waals surface area contributed by atoms with Crippen LogP contribution in [0.15, 0.2) is 17.2 Å². The van der Waals surface area contributed by atoms with Gasteiger partial charge in [-0.15, -0.1) is 0 Å². The third-order valence-corrected chi connectivity index (χ3v) is 2.14. The maximum absolute atomic E-state index is 11.6. The summed E-state index contributed by atoms with van der Waals surface area (Å²) in [5.74, 6) is 0.396. The maximum Gasteiger partial charge on any atom is 0.290 e. The lowest BCUT2D eigenvalue weighted by Gasteiger charge is -2.14. The van der Waals surface area contributed by atoms with E-state index in [1.165, 1.54) is 12.4 Å². The number of H-pyrrole nitrogens is 1. The number of nitrogens with zero attached hydrogens (tertiary/aromatic N) is 1. The number of aromatic nitrogens is 2. The first kappa shape index (κ1) is 13.2. The van der Waals surface area contributed by atoms with Gasteiger partial charge in [-0.25, -0.2) is 4.98 Å². The van der Waals surface area contributed by atoms with E-state index in [1.54, 1.807) is 6.92 Å². The van der Waals surface area contributed by atoms with Crippen molar-refractivity contribution in [2.24, 2.45) is 5.92 Å². The van der Waals surface area contributed by atoms with Gasteiger partial charge in [-0.05, 0) is 12.8 Å². The van der Waals surface area contributed by atoms with Gasteiger partial charge in [0.25, 0.3) is 5.56 Å². The van der Waals surface area contributed by atoms with E-state index in [9.17, 15) is 9.59 Å². The normalized spacial score (nSPS) is 12.2. The van der Waals surface area contributed by atoms with Crippen molar-refractivity contribution < 1.29 is 4.79 Å². The van der Waals surface area contributed by atoms with Crippen LogP contribution >= 0.6 is 0 Å². The molecule has 0 aliphatic carbocycles. The largest absolute Gasteiger partial charge is 0.354 e. The van der Waals surface area contributed by atoms with Gasteiger partial charge in [-0.3, -0.25) is 9.59 Å². The SMILES string of the molecule is CC(C)CNC(=O)C(C)Nc1ncc[nH]c1=O. The lowest BCUT2D eigenvalue weighted by atomic mass is 10.2. The van der Waals surface area contributed by atoms with Crippen LogP contribution in [0, 0.1) is 5.92 Å². The molecule has 1 amide bonds. The van der Waals surface area contributed by atoms with E-state index >= 15 is 0 Å². The van der Waals surface area contributed by atoms with Crippen molar-refractivity contribution in [2.45, 2.75) is 26.8 Å². The van der Waals surface area contributed by atoms with Crippen LogP contribution in [0.2, 0.25) is 0 Å². The molecule has 0 fully saturated rings. The predicted octanol–water partition coefficient (Wildman–Crippen LogP) is 0.342. The summed E-state index contributed by atoms with van der Waals surface area (Å²) in [6.07, 6.45) is 2.90. The van der Waals surface area contributed by atoms with Gasteiger partial charge < -0.3 is 15.6 Å². The van der Waals surface area contributed by atoms with Crippen LogP contribution in [0.5, 0.6) is 0 Å². The van der Waals surface area contributed by atoms with Crippen LogP contribution < -0.4 is 16.2 Å². The highest BCUT2D eigenvalue weighted by molar-refractivity contribution is 5.83. The van der Waals surface area contributed by atoms with Gasteiger partial charge in [0.05, 0.1) is 0 Å². The topological polar surface area (TPSA) is 86.9 Å². The molecule has 1 aromatic rings. The molecule has 0 saturated carbocycles. The third kappa shape index (κ3) is 4.26. The molecule has 0 aromatic carbocycles. The Morgan fingerprint density at radius 3 is 2.76 bits per heavy atom. The number of amides is 1. The molecule has 0 bridgehead atoms. The first-order chi connectivity index (χ1) is 8.00. The van der Waals surface area contributed by atoms with Gasteiger partial charge in [-0.1, -0.05) is 13.8 Å². The Morgan fingerprint density at radius 1 is 1.47 bits per heavy atom. The van der Waals surface area contributed by atoms with E-state index < -0.39 is 6.04 Å². The van der Waals surface area contributed by atoms with Gasteiger partial charge in [0.2, 0.25) is 5.91 Å². The van der Waals surface area contributed by atoms with Gasteiger partial charge >= 0.3 is 0 Å². The first-order valence-electron chi connectivity index (χ1n) is 5.58. The molecular formula is C11H18N4O2. The van der Waals surface area contributed by atoms with Gasteiger partial charge in [0.15, 0.2) is 5.82 Å². The number of carbonyl (C=O) groups excluding carboxylic acids is 1. The van der Waals surface area contributed by atoms with Crippen molar-refractivity contribution in [1.29, 1.82) is 0 Å². The van der Waals surface area contributed by atoms with E-state index in [-0.39, 0.29) is 17.3 Å². The molecule has 0 saturated heterocycles. The van der Waals surface area contributed by atoms with E-state index in [4.69, 9.17) is 0 Å². The predicted molar refractivity (Wildman–Crippen MR) is 65.8 cm³/mol. The van der Waals surface area contributed by atoms with Crippen LogP contribution in [0.1, 0.15) is 20.8 Å². The van der Waals surface area contributed by atoms with Crippen molar-refractivity contribution in [2.75, 3.05) is 11.9 Å². The van der Waals surface area contributed by atoms with Crippen LogP contribution in [-0.2, 0) is 4.79 Å². The number of aromatic amines is 1. The van der Waals surface area contributed by atoms with Crippen molar-refractivity contribution >= 4 is 11.7 Å². The van der Waals surface area contributed by atoms with Gasteiger partial charge in [0, 0.05) is 18.9 Å². The van der Waals surface area contributed by atoms with E-state index in [0.717, 1.165) is 0 Å². The Morgan fingerprint density at radius 2 is 2.18 bits per heavy atom. The van der Waals surface area contributed by atoms with Crippen molar-refractivity contribution in [3.05, 3.63) is 22.7 Å². The Hall–Kier alpha value is -1.85. The molecule has 0 radical (unpaired) electrons. The molecule has 0 aliphatic heterocycles. The molecule has 1 rings (SSSR count). The number of carbonyl (C=O) groups is 1. The standard InChI is InChI=1S/C11H18N4O2/c1-7(2)6-14-10(16)8(3)15-9-11(17)13-5-4-12-9/h4-5,7-8H,6H2,1-3H3,(H,12,15)(H,13,17)(H,14,16). The highest BCUT2D eigenvalue weighted by atomic mass is 16.2. The summed E-state index contributed by atoms with van der Waals surface area (Å²) in [6, 6.07) is -0.496. The molecule has 6 heteroatoms. The number of anilines is 1. The van der Waals surface area contributed by atoms with Crippen LogP contribution in [0.25, 0.3) is 0 Å². The molecule has 1 heterocycles. The Bertz CT molecular complexity index is 427. The molecule has 6 nitrogen and oxygen atoms in total. The van der Waals surface area contributed by atoms with Gasteiger partial charge in [-0.2, -0.15) is 0 Å². The van der Waals surface area contributed by atoms with Crippen molar-refractivity contribution in [3.8, 4) is 0 Å². The highest BCUT2D eigenvalue weighted by Gasteiger charge is 2.14. The fraction of sp³-hybridized carbons (Fsp3) is 0.545. The van der Waals surface area contributed by atoms with Crippen LogP contribution in [0.4, 0.5) is 5.82 Å². The lowest BCUT2D eigenvalue weighted by molar-refractivity contribution is -0.121. The summed E-state index contributed by atoms with van der Waals surface area (Å²) in [5, 5.41) is 5.55. The fourth-order valence-corrected chi connectivity index (χ4v) is 1.18. The zero-order valence-corrected chi connectivity index (χ0v) is 10.3. The molecule has 1 unspecified atom stereocenters. The second-order valence-electron chi connectivity index (χ2n) is 4.27. The average Bonchev–Trinajstić information content (AvgIpc) is 2.28. The monoisotopic (exact) mass is 238 g/mol. The summed E-state index contributed by atoms with van der Waals surface area (Å²) in [4.78, 5) is 29.3. The zero-order valence-electron chi connectivity index (χ0n) is 10.3. The Labute approximate surface area is 99.8 Å². The number of hydrogen-bond acceptors (Lipinski definition) is 4. The van der Waals surface area contributed by atoms with E-state index in [0.29, 0.717) is 12.5 Å². The minimum absolute atomic E-state index is 0.149. The number of nitrogens with one attached hydrogen (secondary N) is 3.